The molecule has 0 spiro atoms. The SMILES string of the molecule is CC(N)(C(=O)NCCCc1ccccc1)c1ccccc1.Cl. The van der Waals surface area contributed by atoms with Crippen LogP contribution in [-0.4, -0.2) is 12.5 Å². The Bertz CT molecular complexity index is 570. The first-order valence-electron chi connectivity index (χ1n) is 7.27. The van der Waals surface area contributed by atoms with Gasteiger partial charge in [-0.2, -0.15) is 0 Å². The Hall–Kier alpha value is -1.84. The van der Waals surface area contributed by atoms with Gasteiger partial charge in [0.1, 0.15) is 5.54 Å². The molecular weight excluding hydrogens is 296 g/mol. The highest BCUT2D eigenvalue weighted by Gasteiger charge is 2.29. The van der Waals surface area contributed by atoms with Crippen molar-refractivity contribution in [2.75, 3.05) is 6.54 Å². The van der Waals surface area contributed by atoms with E-state index in [1.807, 2.05) is 48.5 Å². The molecule has 0 aliphatic carbocycles. The van der Waals surface area contributed by atoms with Crippen molar-refractivity contribution in [1.82, 2.24) is 5.32 Å². The smallest absolute Gasteiger partial charge is 0.244 e. The maximum absolute atomic E-state index is 12.2. The molecule has 0 fully saturated rings. The molecule has 118 valence electrons. The summed E-state index contributed by atoms with van der Waals surface area (Å²) in [5.41, 5.74) is 7.28. The second-order valence-electron chi connectivity index (χ2n) is 5.41. The fourth-order valence-corrected chi connectivity index (χ4v) is 2.24. The lowest BCUT2D eigenvalue weighted by atomic mass is 9.92. The number of halogens is 1. The molecule has 0 heterocycles. The third-order valence-corrected chi connectivity index (χ3v) is 3.62. The number of rotatable bonds is 6. The van der Waals surface area contributed by atoms with Crippen LogP contribution in [0.15, 0.2) is 60.7 Å². The highest BCUT2D eigenvalue weighted by atomic mass is 35.5. The van der Waals surface area contributed by atoms with Gasteiger partial charge in [0, 0.05) is 6.54 Å². The number of hydrogen-bond acceptors (Lipinski definition) is 2. The summed E-state index contributed by atoms with van der Waals surface area (Å²) < 4.78 is 0. The van der Waals surface area contributed by atoms with Gasteiger partial charge in [0.05, 0.1) is 0 Å². The summed E-state index contributed by atoms with van der Waals surface area (Å²) in [4.78, 5) is 12.2. The van der Waals surface area contributed by atoms with Crippen LogP contribution in [0.3, 0.4) is 0 Å². The lowest BCUT2D eigenvalue weighted by Crippen LogP contribution is -2.49. The van der Waals surface area contributed by atoms with E-state index in [1.165, 1.54) is 5.56 Å². The molecule has 0 aliphatic rings. The number of amides is 1. The predicted molar refractivity (Wildman–Crippen MR) is 93.0 cm³/mol. The summed E-state index contributed by atoms with van der Waals surface area (Å²) in [5, 5.41) is 2.93. The van der Waals surface area contributed by atoms with Crippen LogP contribution in [-0.2, 0) is 16.8 Å². The number of aryl methyl sites for hydroxylation is 1. The molecule has 1 unspecified atom stereocenters. The van der Waals surface area contributed by atoms with Gasteiger partial charge in [-0.1, -0.05) is 60.7 Å². The van der Waals surface area contributed by atoms with E-state index in [-0.39, 0.29) is 18.3 Å². The first-order valence-corrected chi connectivity index (χ1v) is 7.27. The van der Waals surface area contributed by atoms with E-state index in [4.69, 9.17) is 5.73 Å². The highest BCUT2D eigenvalue weighted by molar-refractivity contribution is 5.86. The zero-order valence-corrected chi connectivity index (χ0v) is 13.6. The van der Waals surface area contributed by atoms with Crippen molar-refractivity contribution >= 4 is 18.3 Å². The summed E-state index contributed by atoms with van der Waals surface area (Å²) in [7, 11) is 0. The number of nitrogens with one attached hydrogen (secondary N) is 1. The van der Waals surface area contributed by atoms with E-state index in [2.05, 4.69) is 17.4 Å². The van der Waals surface area contributed by atoms with Gasteiger partial charge in [0.25, 0.3) is 0 Å². The van der Waals surface area contributed by atoms with Gasteiger partial charge in [-0.05, 0) is 30.9 Å². The van der Waals surface area contributed by atoms with E-state index in [0.717, 1.165) is 18.4 Å². The van der Waals surface area contributed by atoms with Gasteiger partial charge in [-0.25, -0.2) is 0 Å². The van der Waals surface area contributed by atoms with Crippen molar-refractivity contribution in [2.24, 2.45) is 5.73 Å². The Morgan fingerprint density at radius 1 is 1.05 bits per heavy atom. The largest absolute Gasteiger partial charge is 0.354 e. The number of hydrogen-bond donors (Lipinski definition) is 2. The van der Waals surface area contributed by atoms with Crippen molar-refractivity contribution in [2.45, 2.75) is 25.3 Å². The maximum Gasteiger partial charge on any atom is 0.244 e. The molecule has 2 aromatic rings. The molecular formula is C18H23ClN2O. The second kappa shape index (κ2) is 8.57. The topological polar surface area (TPSA) is 55.1 Å². The van der Waals surface area contributed by atoms with E-state index in [9.17, 15) is 4.79 Å². The minimum atomic E-state index is -0.992. The second-order valence-corrected chi connectivity index (χ2v) is 5.41. The molecule has 0 saturated heterocycles. The van der Waals surface area contributed by atoms with Gasteiger partial charge in [-0.3, -0.25) is 4.79 Å². The van der Waals surface area contributed by atoms with Crippen LogP contribution in [0.2, 0.25) is 0 Å². The maximum atomic E-state index is 12.2. The van der Waals surface area contributed by atoms with Crippen LogP contribution in [0.1, 0.15) is 24.5 Å². The Balaban J connectivity index is 0.00000242. The van der Waals surface area contributed by atoms with Crippen LogP contribution in [0.5, 0.6) is 0 Å². The van der Waals surface area contributed by atoms with Crippen molar-refractivity contribution < 1.29 is 4.79 Å². The minimum absolute atomic E-state index is 0. The van der Waals surface area contributed by atoms with Crippen LogP contribution >= 0.6 is 12.4 Å². The highest BCUT2D eigenvalue weighted by Crippen LogP contribution is 2.17. The molecule has 22 heavy (non-hydrogen) atoms. The van der Waals surface area contributed by atoms with Gasteiger partial charge in [0.15, 0.2) is 0 Å². The van der Waals surface area contributed by atoms with Crippen LogP contribution in [0.4, 0.5) is 0 Å². The lowest BCUT2D eigenvalue weighted by molar-refractivity contribution is -0.126. The third kappa shape index (κ3) is 4.86. The molecule has 1 atom stereocenters. The summed E-state index contributed by atoms with van der Waals surface area (Å²) >= 11 is 0. The van der Waals surface area contributed by atoms with Crippen LogP contribution < -0.4 is 11.1 Å². The van der Waals surface area contributed by atoms with E-state index < -0.39 is 5.54 Å². The molecule has 0 saturated carbocycles. The van der Waals surface area contributed by atoms with Crippen LogP contribution in [0.25, 0.3) is 0 Å². The molecule has 3 N–H and O–H groups in total. The van der Waals surface area contributed by atoms with Crippen molar-refractivity contribution in [3.8, 4) is 0 Å². The molecule has 2 aromatic carbocycles. The van der Waals surface area contributed by atoms with Gasteiger partial charge >= 0.3 is 0 Å². The minimum Gasteiger partial charge on any atom is -0.354 e. The summed E-state index contributed by atoms with van der Waals surface area (Å²) in [6, 6.07) is 19.7. The quantitative estimate of drug-likeness (QED) is 0.804. The van der Waals surface area contributed by atoms with Crippen molar-refractivity contribution in [3.05, 3.63) is 71.8 Å². The Morgan fingerprint density at radius 2 is 1.59 bits per heavy atom. The fraction of sp³-hybridized carbons (Fsp3) is 0.278. The molecule has 0 radical (unpaired) electrons. The number of carbonyl (C=O) groups excluding carboxylic acids is 1. The molecule has 0 bridgehead atoms. The number of carbonyl (C=O) groups is 1. The third-order valence-electron chi connectivity index (χ3n) is 3.62. The number of benzene rings is 2. The molecule has 4 heteroatoms. The standard InChI is InChI=1S/C18H22N2O.ClH/c1-18(19,16-12-6-3-7-13-16)17(21)20-14-8-11-15-9-4-2-5-10-15;/h2-7,9-10,12-13H,8,11,14,19H2,1H3,(H,20,21);1H. The zero-order chi connectivity index (χ0) is 15.1. The van der Waals surface area contributed by atoms with E-state index >= 15 is 0 Å². The van der Waals surface area contributed by atoms with Crippen molar-refractivity contribution in [3.63, 3.8) is 0 Å². The lowest BCUT2D eigenvalue weighted by Gasteiger charge is -2.24. The monoisotopic (exact) mass is 318 g/mol. The summed E-state index contributed by atoms with van der Waals surface area (Å²) in [6.45, 7) is 2.38. The van der Waals surface area contributed by atoms with E-state index in [1.54, 1.807) is 6.92 Å². The molecule has 3 nitrogen and oxygen atoms in total. The molecule has 0 aromatic heterocycles. The first-order chi connectivity index (χ1) is 10.1. The first kappa shape index (κ1) is 18.2. The molecule has 2 rings (SSSR count). The Kier molecular flexibility index (Phi) is 7.09. The summed E-state index contributed by atoms with van der Waals surface area (Å²) in [6.07, 6.45) is 1.86. The fourth-order valence-electron chi connectivity index (χ4n) is 2.24. The predicted octanol–water partition coefficient (Wildman–Crippen LogP) is 3.03. The van der Waals surface area contributed by atoms with Gasteiger partial charge in [-0.15, -0.1) is 12.4 Å². The molecule has 0 aliphatic heterocycles. The Morgan fingerprint density at radius 3 is 2.18 bits per heavy atom. The average Bonchev–Trinajstić information content (AvgIpc) is 2.53. The average molecular weight is 319 g/mol. The zero-order valence-electron chi connectivity index (χ0n) is 12.8. The normalized spacial score (nSPS) is 12.8. The van der Waals surface area contributed by atoms with Crippen LogP contribution in [0, 0.1) is 0 Å². The van der Waals surface area contributed by atoms with Gasteiger partial charge < -0.3 is 11.1 Å². The van der Waals surface area contributed by atoms with Crippen molar-refractivity contribution in [1.29, 1.82) is 0 Å². The van der Waals surface area contributed by atoms with Gasteiger partial charge in [0.2, 0.25) is 5.91 Å². The molecule has 1 amide bonds. The summed E-state index contributed by atoms with van der Waals surface area (Å²) in [5.74, 6) is -0.137. The Labute approximate surface area is 138 Å². The van der Waals surface area contributed by atoms with E-state index in [0.29, 0.717) is 6.54 Å². The number of nitrogens with two attached hydrogens (primary N) is 1.